The maximum atomic E-state index is 10.9. The highest BCUT2D eigenvalue weighted by Gasteiger charge is 2.39. The van der Waals surface area contributed by atoms with Gasteiger partial charge in [0.05, 0.1) is 13.3 Å². The number of methoxy groups -OCH3 is 1. The summed E-state index contributed by atoms with van der Waals surface area (Å²) in [6.45, 7) is 2.77. The average Bonchev–Trinajstić information content (AvgIpc) is 2.83. The standard InChI is InChI=1S/C13H23N3O2/c1-4-16-12(11(18-3)9-15-16)13(17)7-5-10(14-2)6-8-13/h9-10,14,17H,4-8H2,1-3H3. The van der Waals surface area contributed by atoms with Crippen LogP contribution < -0.4 is 10.1 Å². The predicted molar refractivity (Wildman–Crippen MR) is 69.7 cm³/mol. The van der Waals surface area contributed by atoms with Gasteiger partial charge in [0, 0.05) is 12.6 Å². The summed E-state index contributed by atoms with van der Waals surface area (Å²) in [5.41, 5.74) is 0.0348. The van der Waals surface area contributed by atoms with E-state index in [2.05, 4.69) is 10.4 Å². The topological polar surface area (TPSA) is 59.3 Å². The van der Waals surface area contributed by atoms with Gasteiger partial charge in [-0.15, -0.1) is 0 Å². The molecule has 5 heteroatoms. The van der Waals surface area contributed by atoms with E-state index in [1.165, 1.54) is 0 Å². The van der Waals surface area contributed by atoms with Crippen molar-refractivity contribution in [1.82, 2.24) is 15.1 Å². The van der Waals surface area contributed by atoms with Gasteiger partial charge in [-0.2, -0.15) is 5.10 Å². The summed E-state index contributed by atoms with van der Waals surface area (Å²) in [6.07, 6.45) is 5.15. The maximum Gasteiger partial charge on any atom is 0.162 e. The van der Waals surface area contributed by atoms with Crippen LogP contribution in [0.2, 0.25) is 0 Å². The number of nitrogens with one attached hydrogen (secondary N) is 1. The lowest BCUT2D eigenvalue weighted by molar-refractivity contribution is -0.0171. The van der Waals surface area contributed by atoms with Gasteiger partial charge in [0.15, 0.2) is 5.75 Å². The van der Waals surface area contributed by atoms with Crippen LogP contribution in [0, 0.1) is 0 Å². The molecule has 1 aliphatic rings. The summed E-state index contributed by atoms with van der Waals surface area (Å²) in [5, 5.41) is 18.5. The van der Waals surface area contributed by atoms with Gasteiger partial charge in [-0.05, 0) is 39.7 Å². The van der Waals surface area contributed by atoms with E-state index >= 15 is 0 Å². The van der Waals surface area contributed by atoms with Crippen molar-refractivity contribution < 1.29 is 9.84 Å². The third-order valence-corrected chi connectivity index (χ3v) is 3.99. The second kappa shape index (κ2) is 5.28. The molecule has 0 radical (unpaired) electrons. The highest BCUT2D eigenvalue weighted by molar-refractivity contribution is 5.31. The van der Waals surface area contributed by atoms with Gasteiger partial charge in [0.1, 0.15) is 11.3 Å². The average molecular weight is 253 g/mol. The van der Waals surface area contributed by atoms with Crippen molar-refractivity contribution in [3.8, 4) is 5.75 Å². The second-order valence-corrected chi connectivity index (χ2v) is 4.97. The molecule has 1 fully saturated rings. The van der Waals surface area contributed by atoms with Gasteiger partial charge in [-0.1, -0.05) is 0 Å². The minimum Gasteiger partial charge on any atom is -0.493 e. The molecule has 2 N–H and O–H groups in total. The summed E-state index contributed by atoms with van der Waals surface area (Å²) < 4.78 is 7.19. The first kappa shape index (κ1) is 13.4. The van der Waals surface area contributed by atoms with Crippen molar-refractivity contribution in [2.24, 2.45) is 0 Å². The number of rotatable bonds is 4. The van der Waals surface area contributed by atoms with Gasteiger partial charge >= 0.3 is 0 Å². The van der Waals surface area contributed by atoms with Gasteiger partial charge in [-0.3, -0.25) is 4.68 Å². The fraction of sp³-hybridized carbons (Fsp3) is 0.769. The minimum atomic E-state index is -0.800. The molecule has 0 amide bonds. The van der Waals surface area contributed by atoms with Crippen molar-refractivity contribution >= 4 is 0 Å². The van der Waals surface area contributed by atoms with Crippen molar-refractivity contribution in [2.45, 2.75) is 50.8 Å². The quantitative estimate of drug-likeness (QED) is 0.848. The molecule has 102 valence electrons. The zero-order chi connectivity index (χ0) is 13.2. The number of hydrogen-bond acceptors (Lipinski definition) is 4. The van der Waals surface area contributed by atoms with E-state index < -0.39 is 5.60 Å². The SMILES string of the molecule is CCn1ncc(OC)c1C1(O)CCC(NC)CC1. The van der Waals surface area contributed by atoms with Crippen molar-refractivity contribution in [3.05, 3.63) is 11.9 Å². The van der Waals surface area contributed by atoms with E-state index in [1.54, 1.807) is 13.3 Å². The van der Waals surface area contributed by atoms with E-state index in [0.29, 0.717) is 11.8 Å². The first-order chi connectivity index (χ1) is 8.64. The van der Waals surface area contributed by atoms with Gasteiger partial charge in [-0.25, -0.2) is 0 Å². The van der Waals surface area contributed by atoms with Crippen LogP contribution in [0.4, 0.5) is 0 Å². The zero-order valence-electron chi connectivity index (χ0n) is 11.4. The molecule has 1 aromatic rings. The Morgan fingerprint density at radius 3 is 2.72 bits per heavy atom. The van der Waals surface area contributed by atoms with Gasteiger partial charge < -0.3 is 15.2 Å². The van der Waals surface area contributed by atoms with E-state index in [0.717, 1.165) is 37.9 Å². The molecule has 0 spiro atoms. The molecule has 1 saturated carbocycles. The highest BCUT2D eigenvalue weighted by atomic mass is 16.5. The molecule has 0 bridgehead atoms. The Kier molecular flexibility index (Phi) is 3.92. The number of aromatic nitrogens is 2. The Hall–Kier alpha value is -1.07. The Labute approximate surface area is 108 Å². The largest absolute Gasteiger partial charge is 0.493 e. The van der Waals surface area contributed by atoms with Crippen molar-refractivity contribution in [1.29, 1.82) is 0 Å². The lowest BCUT2D eigenvalue weighted by Gasteiger charge is -2.36. The molecule has 0 aliphatic heterocycles. The number of hydrogen-bond donors (Lipinski definition) is 2. The third kappa shape index (κ3) is 2.24. The van der Waals surface area contributed by atoms with E-state index in [1.807, 2.05) is 18.7 Å². The first-order valence-electron chi connectivity index (χ1n) is 6.64. The van der Waals surface area contributed by atoms with Gasteiger partial charge in [0.25, 0.3) is 0 Å². The summed E-state index contributed by atoms with van der Waals surface area (Å²) in [5.74, 6) is 0.697. The second-order valence-electron chi connectivity index (χ2n) is 4.97. The normalized spacial score (nSPS) is 28.3. The fourth-order valence-corrected chi connectivity index (χ4v) is 2.85. The Morgan fingerprint density at radius 1 is 1.56 bits per heavy atom. The van der Waals surface area contributed by atoms with E-state index in [-0.39, 0.29) is 0 Å². The smallest absolute Gasteiger partial charge is 0.162 e. The van der Waals surface area contributed by atoms with Crippen LogP contribution >= 0.6 is 0 Å². The lowest BCUT2D eigenvalue weighted by atomic mass is 9.80. The van der Waals surface area contributed by atoms with Gasteiger partial charge in [0.2, 0.25) is 0 Å². The van der Waals surface area contributed by atoms with Crippen molar-refractivity contribution in [3.63, 3.8) is 0 Å². The van der Waals surface area contributed by atoms with E-state index in [4.69, 9.17) is 4.74 Å². The number of ether oxygens (including phenoxy) is 1. The van der Waals surface area contributed by atoms with Crippen LogP contribution in [0.3, 0.4) is 0 Å². The number of aliphatic hydroxyl groups is 1. The summed E-state index contributed by atoms with van der Waals surface area (Å²) in [6, 6.07) is 0.509. The number of nitrogens with zero attached hydrogens (tertiary/aromatic N) is 2. The Balaban J connectivity index is 2.27. The fourth-order valence-electron chi connectivity index (χ4n) is 2.85. The van der Waals surface area contributed by atoms with Crippen LogP contribution in [0.1, 0.15) is 38.3 Å². The van der Waals surface area contributed by atoms with E-state index in [9.17, 15) is 5.11 Å². The molecule has 0 unspecified atom stereocenters. The number of aryl methyl sites for hydroxylation is 1. The Morgan fingerprint density at radius 2 is 2.22 bits per heavy atom. The molecule has 1 aromatic heterocycles. The maximum absolute atomic E-state index is 10.9. The molecule has 1 aliphatic carbocycles. The predicted octanol–water partition coefficient (Wildman–Crippen LogP) is 1.26. The third-order valence-electron chi connectivity index (χ3n) is 3.99. The molecule has 18 heavy (non-hydrogen) atoms. The van der Waals surface area contributed by atoms with Crippen molar-refractivity contribution in [2.75, 3.05) is 14.2 Å². The molecule has 0 aromatic carbocycles. The summed E-state index contributed by atoms with van der Waals surface area (Å²) in [7, 11) is 3.61. The molecule has 0 atom stereocenters. The molecular weight excluding hydrogens is 230 g/mol. The van der Waals surface area contributed by atoms with Crippen LogP contribution in [0.25, 0.3) is 0 Å². The first-order valence-corrected chi connectivity index (χ1v) is 6.64. The summed E-state index contributed by atoms with van der Waals surface area (Å²) in [4.78, 5) is 0. The molecular formula is C13H23N3O2. The lowest BCUT2D eigenvalue weighted by Crippen LogP contribution is -2.39. The molecule has 2 rings (SSSR count). The van der Waals surface area contributed by atoms with Crippen LogP contribution in [0.5, 0.6) is 5.75 Å². The minimum absolute atomic E-state index is 0.509. The molecule has 1 heterocycles. The van der Waals surface area contributed by atoms with Crippen LogP contribution in [0.15, 0.2) is 6.20 Å². The zero-order valence-corrected chi connectivity index (χ0v) is 11.4. The van der Waals surface area contributed by atoms with Crippen LogP contribution in [-0.4, -0.2) is 35.1 Å². The summed E-state index contributed by atoms with van der Waals surface area (Å²) >= 11 is 0. The molecule has 5 nitrogen and oxygen atoms in total. The highest BCUT2D eigenvalue weighted by Crippen LogP contribution is 2.41. The van der Waals surface area contributed by atoms with Crippen LogP contribution in [-0.2, 0) is 12.1 Å². The Bertz CT molecular complexity index is 373. The molecule has 0 saturated heterocycles. The monoisotopic (exact) mass is 253 g/mol.